The molecule has 1 aromatic rings. The van der Waals surface area contributed by atoms with Crippen LogP contribution in [0.1, 0.15) is 13.3 Å². The average molecular weight is 293 g/mol. The summed E-state index contributed by atoms with van der Waals surface area (Å²) in [6.45, 7) is 2.18. The van der Waals surface area contributed by atoms with Gasteiger partial charge in [-0.3, -0.25) is 0 Å². The number of nitrogens with two attached hydrogens (primary N) is 1. The van der Waals surface area contributed by atoms with Crippen molar-refractivity contribution in [2.75, 3.05) is 19.5 Å². The number of sulfonamides is 1. The number of methoxy groups -OCH3 is 1. The summed E-state index contributed by atoms with van der Waals surface area (Å²) in [5, 5.41) is 0.399. The van der Waals surface area contributed by atoms with E-state index in [0.717, 1.165) is 0 Å². The number of benzene rings is 1. The maximum absolute atomic E-state index is 12.1. The molecule has 7 heteroatoms. The molecule has 0 radical (unpaired) electrons. The van der Waals surface area contributed by atoms with E-state index in [1.165, 1.54) is 25.3 Å². The van der Waals surface area contributed by atoms with Gasteiger partial charge in [0.15, 0.2) is 0 Å². The van der Waals surface area contributed by atoms with Crippen LogP contribution in [0.2, 0.25) is 5.02 Å². The molecule has 0 bridgehead atoms. The van der Waals surface area contributed by atoms with E-state index in [2.05, 4.69) is 4.72 Å². The Bertz CT molecular complexity index is 505. The Morgan fingerprint density at radius 3 is 2.67 bits per heavy atom. The third-order valence-corrected chi connectivity index (χ3v) is 4.27. The van der Waals surface area contributed by atoms with Crippen molar-refractivity contribution in [3.8, 4) is 0 Å². The van der Waals surface area contributed by atoms with Crippen LogP contribution < -0.4 is 10.5 Å². The lowest BCUT2D eigenvalue weighted by Crippen LogP contribution is -2.37. The maximum atomic E-state index is 12.1. The van der Waals surface area contributed by atoms with Crippen LogP contribution in [0.5, 0.6) is 0 Å². The molecule has 0 aliphatic heterocycles. The zero-order chi connectivity index (χ0) is 13.8. The molecule has 0 fully saturated rings. The van der Waals surface area contributed by atoms with Crippen molar-refractivity contribution in [3.05, 3.63) is 23.2 Å². The van der Waals surface area contributed by atoms with E-state index in [0.29, 0.717) is 18.1 Å². The predicted molar refractivity (Wildman–Crippen MR) is 72.1 cm³/mol. The fourth-order valence-electron chi connectivity index (χ4n) is 1.48. The molecule has 0 amide bonds. The van der Waals surface area contributed by atoms with Crippen molar-refractivity contribution < 1.29 is 13.2 Å². The molecular weight excluding hydrogens is 276 g/mol. The van der Waals surface area contributed by atoms with Crippen molar-refractivity contribution in [3.63, 3.8) is 0 Å². The number of hydrogen-bond donors (Lipinski definition) is 2. The van der Waals surface area contributed by atoms with Crippen molar-refractivity contribution in [1.82, 2.24) is 4.72 Å². The lowest BCUT2D eigenvalue weighted by Gasteiger charge is -2.17. The molecule has 5 nitrogen and oxygen atoms in total. The van der Waals surface area contributed by atoms with Gasteiger partial charge in [-0.2, -0.15) is 0 Å². The standard InChI is InChI=1S/C11H17ClN2O3S/c1-3-9(7-17-2)14-18(15,16)11-5-4-8(12)6-10(11)13/h4-6,9,14H,3,7,13H2,1-2H3. The fraction of sp³-hybridized carbons (Fsp3) is 0.455. The van der Waals surface area contributed by atoms with Crippen LogP contribution in [0.15, 0.2) is 23.1 Å². The van der Waals surface area contributed by atoms with Crippen LogP contribution in [0.25, 0.3) is 0 Å². The minimum Gasteiger partial charge on any atom is -0.398 e. The molecule has 0 saturated heterocycles. The Balaban J connectivity index is 2.99. The number of nitrogens with one attached hydrogen (secondary N) is 1. The van der Waals surface area contributed by atoms with Gasteiger partial charge in [-0.15, -0.1) is 0 Å². The van der Waals surface area contributed by atoms with Crippen LogP contribution in [0, 0.1) is 0 Å². The van der Waals surface area contributed by atoms with Crippen molar-refractivity contribution >= 4 is 27.3 Å². The lowest BCUT2D eigenvalue weighted by atomic mass is 10.3. The molecule has 1 rings (SSSR count). The van der Waals surface area contributed by atoms with E-state index in [9.17, 15) is 8.42 Å². The number of hydrogen-bond acceptors (Lipinski definition) is 4. The van der Waals surface area contributed by atoms with Gasteiger partial charge in [0.25, 0.3) is 0 Å². The van der Waals surface area contributed by atoms with Gasteiger partial charge >= 0.3 is 0 Å². The lowest BCUT2D eigenvalue weighted by molar-refractivity contribution is 0.173. The Kier molecular flexibility index (Phi) is 5.40. The molecule has 0 saturated carbocycles. The first-order valence-corrected chi connectivity index (χ1v) is 7.33. The summed E-state index contributed by atoms with van der Waals surface area (Å²) < 4.78 is 31.7. The smallest absolute Gasteiger partial charge is 0.242 e. The quantitative estimate of drug-likeness (QED) is 0.781. The van der Waals surface area contributed by atoms with Gasteiger partial charge < -0.3 is 10.5 Å². The number of rotatable bonds is 6. The third-order valence-electron chi connectivity index (χ3n) is 2.44. The highest BCUT2D eigenvalue weighted by Gasteiger charge is 2.21. The molecule has 0 heterocycles. The molecule has 1 atom stereocenters. The minimum absolute atomic E-state index is 0.0291. The number of anilines is 1. The molecule has 102 valence electrons. The zero-order valence-corrected chi connectivity index (χ0v) is 11.9. The molecule has 1 aromatic carbocycles. The fourth-order valence-corrected chi connectivity index (χ4v) is 3.08. The molecule has 0 aliphatic rings. The summed E-state index contributed by atoms with van der Waals surface area (Å²) in [5.41, 5.74) is 5.79. The SMILES string of the molecule is CCC(COC)NS(=O)(=O)c1ccc(Cl)cc1N. The maximum Gasteiger partial charge on any atom is 0.242 e. The molecule has 1 unspecified atom stereocenters. The summed E-state index contributed by atoms with van der Waals surface area (Å²) in [6.07, 6.45) is 0.626. The number of halogens is 1. The summed E-state index contributed by atoms with van der Waals surface area (Å²) in [5.74, 6) is 0. The average Bonchev–Trinajstić information content (AvgIpc) is 2.27. The van der Waals surface area contributed by atoms with Crippen molar-refractivity contribution in [1.29, 1.82) is 0 Å². The first kappa shape index (κ1) is 15.2. The van der Waals surface area contributed by atoms with Gasteiger partial charge in [-0.25, -0.2) is 13.1 Å². The highest BCUT2D eigenvalue weighted by atomic mass is 35.5. The monoisotopic (exact) mass is 292 g/mol. The molecule has 18 heavy (non-hydrogen) atoms. The predicted octanol–water partition coefficient (Wildman–Crippen LogP) is 1.63. The topological polar surface area (TPSA) is 81.4 Å². The molecule has 0 spiro atoms. The van der Waals surface area contributed by atoms with Crippen molar-refractivity contribution in [2.45, 2.75) is 24.3 Å². The van der Waals surface area contributed by atoms with Crippen molar-refractivity contribution in [2.24, 2.45) is 0 Å². The van der Waals surface area contributed by atoms with Crippen LogP contribution in [-0.2, 0) is 14.8 Å². The van der Waals surface area contributed by atoms with E-state index >= 15 is 0 Å². The molecular formula is C11H17ClN2O3S. The first-order valence-electron chi connectivity index (χ1n) is 5.47. The number of nitrogen functional groups attached to an aromatic ring is 1. The largest absolute Gasteiger partial charge is 0.398 e. The summed E-state index contributed by atoms with van der Waals surface area (Å²) in [4.78, 5) is 0.0291. The Hall–Kier alpha value is -0.820. The Morgan fingerprint density at radius 2 is 2.17 bits per heavy atom. The second-order valence-corrected chi connectivity index (χ2v) is 5.98. The second-order valence-electron chi connectivity index (χ2n) is 3.86. The van der Waals surface area contributed by atoms with Gasteiger partial charge in [0, 0.05) is 18.2 Å². The first-order chi connectivity index (χ1) is 8.40. The third kappa shape index (κ3) is 3.84. The van der Waals surface area contributed by atoms with Gasteiger partial charge in [0.05, 0.1) is 12.3 Å². The summed E-state index contributed by atoms with van der Waals surface area (Å²) >= 11 is 5.73. The second kappa shape index (κ2) is 6.38. The normalized spacial score (nSPS) is 13.5. The van der Waals surface area contributed by atoms with E-state index in [-0.39, 0.29) is 16.6 Å². The van der Waals surface area contributed by atoms with E-state index in [1.807, 2.05) is 6.92 Å². The van der Waals surface area contributed by atoms with Crippen LogP contribution >= 0.6 is 11.6 Å². The van der Waals surface area contributed by atoms with Crippen LogP contribution in [-0.4, -0.2) is 28.2 Å². The number of ether oxygens (including phenoxy) is 1. The van der Waals surface area contributed by atoms with Gasteiger partial charge in [0.1, 0.15) is 4.90 Å². The Labute approximate surface area is 112 Å². The van der Waals surface area contributed by atoms with Gasteiger partial charge in [-0.1, -0.05) is 18.5 Å². The highest BCUT2D eigenvalue weighted by molar-refractivity contribution is 7.89. The van der Waals surface area contributed by atoms with Gasteiger partial charge in [0.2, 0.25) is 10.0 Å². The summed E-state index contributed by atoms with van der Waals surface area (Å²) in [7, 11) is -2.13. The Morgan fingerprint density at radius 1 is 1.50 bits per heavy atom. The zero-order valence-electron chi connectivity index (χ0n) is 10.3. The van der Waals surface area contributed by atoms with Crippen LogP contribution in [0.3, 0.4) is 0 Å². The minimum atomic E-state index is -3.65. The van der Waals surface area contributed by atoms with Crippen LogP contribution in [0.4, 0.5) is 5.69 Å². The molecule has 3 N–H and O–H groups in total. The molecule has 0 aliphatic carbocycles. The van der Waals surface area contributed by atoms with Gasteiger partial charge in [-0.05, 0) is 24.6 Å². The highest BCUT2D eigenvalue weighted by Crippen LogP contribution is 2.22. The molecule has 0 aromatic heterocycles. The van der Waals surface area contributed by atoms with E-state index in [1.54, 1.807) is 0 Å². The van der Waals surface area contributed by atoms with E-state index in [4.69, 9.17) is 22.1 Å². The van der Waals surface area contributed by atoms with E-state index < -0.39 is 10.0 Å². The summed E-state index contributed by atoms with van der Waals surface area (Å²) in [6, 6.07) is 4.01.